The van der Waals surface area contributed by atoms with E-state index in [1.165, 1.54) is 6.07 Å². The van der Waals surface area contributed by atoms with Crippen LogP contribution in [0, 0.1) is 10.1 Å². The molecule has 0 fully saturated rings. The van der Waals surface area contributed by atoms with Gasteiger partial charge in [0.2, 0.25) is 0 Å². The Hall–Kier alpha value is -1.17. The molecule has 1 rings (SSSR count). The Morgan fingerprint density at radius 1 is 1.47 bits per heavy atom. The minimum atomic E-state index is -0.411. The van der Waals surface area contributed by atoms with Gasteiger partial charge in [-0.15, -0.1) is 0 Å². The Balaban J connectivity index is 2.98. The number of rotatable bonds is 7. The van der Waals surface area contributed by atoms with Crippen LogP contribution >= 0.6 is 11.6 Å². The van der Waals surface area contributed by atoms with Gasteiger partial charge in [-0.05, 0) is 26.3 Å². The number of nitrogens with zero attached hydrogens (tertiary/aromatic N) is 2. The number of benzene rings is 1. The molecule has 0 aromatic heterocycles. The Labute approximate surface area is 117 Å². The molecule has 106 valence electrons. The SMILES string of the molecule is CC(C)N(CCCO)Cc1c(Cl)cccc1[N+](=O)[O-]. The molecular weight excluding hydrogens is 268 g/mol. The van der Waals surface area contributed by atoms with Crippen LogP contribution in [0.1, 0.15) is 25.8 Å². The van der Waals surface area contributed by atoms with E-state index in [0.29, 0.717) is 30.1 Å². The fraction of sp³-hybridized carbons (Fsp3) is 0.538. The van der Waals surface area contributed by atoms with Crippen LogP contribution in [0.25, 0.3) is 0 Å². The first-order valence-corrected chi connectivity index (χ1v) is 6.61. The van der Waals surface area contributed by atoms with Gasteiger partial charge in [0, 0.05) is 31.8 Å². The lowest BCUT2D eigenvalue weighted by atomic mass is 10.1. The molecule has 0 saturated heterocycles. The summed E-state index contributed by atoms with van der Waals surface area (Å²) in [5, 5.41) is 20.3. The van der Waals surface area contributed by atoms with E-state index in [2.05, 4.69) is 4.90 Å². The van der Waals surface area contributed by atoms with E-state index in [4.69, 9.17) is 16.7 Å². The number of hydrogen-bond donors (Lipinski definition) is 1. The minimum Gasteiger partial charge on any atom is -0.396 e. The van der Waals surface area contributed by atoms with Crippen molar-refractivity contribution in [3.63, 3.8) is 0 Å². The van der Waals surface area contributed by atoms with Gasteiger partial charge in [-0.3, -0.25) is 15.0 Å². The first-order valence-electron chi connectivity index (χ1n) is 6.24. The summed E-state index contributed by atoms with van der Waals surface area (Å²) in [7, 11) is 0. The van der Waals surface area contributed by atoms with Crippen LogP contribution in [0.5, 0.6) is 0 Å². The summed E-state index contributed by atoms with van der Waals surface area (Å²) >= 11 is 6.08. The van der Waals surface area contributed by atoms with Crippen molar-refractivity contribution in [2.45, 2.75) is 32.9 Å². The highest BCUT2D eigenvalue weighted by molar-refractivity contribution is 6.31. The van der Waals surface area contributed by atoms with Crippen LogP contribution in [0.4, 0.5) is 5.69 Å². The zero-order chi connectivity index (χ0) is 14.4. The zero-order valence-corrected chi connectivity index (χ0v) is 11.9. The first kappa shape index (κ1) is 15.9. The summed E-state index contributed by atoms with van der Waals surface area (Å²) in [6, 6.07) is 4.93. The average molecular weight is 287 g/mol. The van der Waals surface area contributed by atoms with E-state index >= 15 is 0 Å². The standard InChI is InChI=1S/C13H19ClN2O3/c1-10(2)15(7-4-8-17)9-11-12(14)5-3-6-13(11)16(18)19/h3,5-6,10,17H,4,7-9H2,1-2H3. The summed E-state index contributed by atoms with van der Waals surface area (Å²) in [6.07, 6.45) is 0.635. The third-order valence-electron chi connectivity index (χ3n) is 2.99. The maximum Gasteiger partial charge on any atom is 0.275 e. The molecule has 0 unspecified atom stereocenters. The summed E-state index contributed by atoms with van der Waals surface area (Å²) in [5.74, 6) is 0. The molecular formula is C13H19ClN2O3. The molecule has 0 saturated carbocycles. The van der Waals surface area contributed by atoms with E-state index in [1.807, 2.05) is 13.8 Å². The largest absolute Gasteiger partial charge is 0.396 e. The quantitative estimate of drug-likeness (QED) is 0.618. The average Bonchev–Trinajstić information content (AvgIpc) is 2.35. The van der Waals surface area contributed by atoms with Crippen LogP contribution in [0.15, 0.2) is 18.2 Å². The Morgan fingerprint density at radius 2 is 2.16 bits per heavy atom. The van der Waals surface area contributed by atoms with E-state index in [9.17, 15) is 10.1 Å². The summed E-state index contributed by atoms with van der Waals surface area (Å²) in [6.45, 7) is 5.22. The third-order valence-corrected chi connectivity index (χ3v) is 3.34. The Bertz CT molecular complexity index is 438. The summed E-state index contributed by atoms with van der Waals surface area (Å²) in [4.78, 5) is 12.7. The second-order valence-corrected chi connectivity index (χ2v) is 5.04. The monoisotopic (exact) mass is 286 g/mol. The molecule has 0 amide bonds. The van der Waals surface area contributed by atoms with Crippen molar-refractivity contribution in [3.05, 3.63) is 38.9 Å². The molecule has 1 N–H and O–H groups in total. The maximum atomic E-state index is 11.0. The summed E-state index contributed by atoms with van der Waals surface area (Å²) in [5.41, 5.74) is 0.572. The highest BCUT2D eigenvalue weighted by Gasteiger charge is 2.20. The molecule has 1 aromatic rings. The zero-order valence-electron chi connectivity index (χ0n) is 11.2. The number of nitro groups is 1. The highest BCUT2D eigenvalue weighted by atomic mass is 35.5. The lowest BCUT2D eigenvalue weighted by Crippen LogP contribution is -2.32. The molecule has 0 heterocycles. The minimum absolute atomic E-state index is 0.0437. The van der Waals surface area contributed by atoms with Gasteiger partial charge in [0.05, 0.1) is 15.5 Å². The van der Waals surface area contributed by atoms with E-state index in [1.54, 1.807) is 12.1 Å². The van der Waals surface area contributed by atoms with Gasteiger partial charge in [0.1, 0.15) is 0 Å². The van der Waals surface area contributed by atoms with Gasteiger partial charge >= 0.3 is 0 Å². The Morgan fingerprint density at radius 3 is 2.68 bits per heavy atom. The summed E-state index contributed by atoms with van der Waals surface area (Å²) < 4.78 is 0. The number of nitro benzene ring substituents is 1. The van der Waals surface area contributed by atoms with Gasteiger partial charge in [-0.1, -0.05) is 17.7 Å². The topological polar surface area (TPSA) is 66.6 Å². The molecule has 0 aliphatic heterocycles. The molecule has 6 heteroatoms. The molecule has 1 aromatic carbocycles. The molecule has 0 aliphatic carbocycles. The normalized spacial score (nSPS) is 11.3. The molecule has 19 heavy (non-hydrogen) atoms. The smallest absolute Gasteiger partial charge is 0.275 e. The predicted molar refractivity (Wildman–Crippen MR) is 75.4 cm³/mol. The van der Waals surface area contributed by atoms with Crippen LogP contribution < -0.4 is 0 Å². The number of hydrogen-bond acceptors (Lipinski definition) is 4. The second-order valence-electron chi connectivity index (χ2n) is 4.64. The fourth-order valence-electron chi connectivity index (χ4n) is 1.87. The lowest BCUT2D eigenvalue weighted by Gasteiger charge is -2.26. The number of aliphatic hydroxyl groups is 1. The van der Waals surface area contributed by atoms with Crippen LogP contribution in [0.3, 0.4) is 0 Å². The van der Waals surface area contributed by atoms with Crippen molar-refractivity contribution in [1.82, 2.24) is 4.90 Å². The van der Waals surface area contributed by atoms with Crippen molar-refractivity contribution in [2.75, 3.05) is 13.2 Å². The van der Waals surface area contributed by atoms with Crippen molar-refractivity contribution in [2.24, 2.45) is 0 Å². The van der Waals surface area contributed by atoms with Crippen molar-refractivity contribution in [1.29, 1.82) is 0 Å². The predicted octanol–water partition coefficient (Wildman–Crippen LogP) is 2.84. The van der Waals surface area contributed by atoms with Crippen molar-refractivity contribution in [3.8, 4) is 0 Å². The highest BCUT2D eigenvalue weighted by Crippen LogP contribution is 2.28. The van der Waals surface area contributed by atoms with Gasteiger partial charge in [-0.2, -0.15) is 0 Å². The number of aliphatic hydroxyl groups excluding tert-OH is 1. The van der Waals surface area contributed by atoms with Gasteiger partial charge in [0.25, 0.3) is 5.69 Å². The molecule has 0 aliphatic rings. The molecule has 0 atom stereocenters. The van der Waals surface area contributed by atoms with E-state index in [0.717, 1.165) is 0 Å². The Kier molecular flexibility index (Phi) is 6.21. The molecule has 5 nitrogen and oxygen atoms in total. The van der Waals surface area contributed by atoms with Gasteiger partial charge in [-0.25, -0.2) is 0 Å². The van der Waals surface area contributed by atoms with Gasteiger partial charge < -0.3 is 5.11 Å². The van der Waals surface area contributed by atoms with Crippen LogP contribution in [-0.4, -0.2) is 34.1 Å². The van der Waals surface area contributed by atoms with Crippen LogP contribution in [-0.2, 0) is 6.54 Å². The maximum absolute atomic E-state index is 11.0. The fourth-order valence-corrected chi connectivity index (χ4v) is 2.10. The first-order chi connectivity index (χ1) is 8.97. The van der Waals surface area contributed by atoms with E-state index in [-0.39, 0.29) is 18.3 Å². The third kappa shape index (κ3) is 4.45. The van der Waals surface area contributed by atoms with E-state index < -0.39 is 4.92 Å². The lowest BCUT2D eigenvalue weighted by molar-refractivity contribution is -0.385. The second kappa shape index (κ2) is 7.43. The molecule has 0 bridgehead atoms. The molecule has 0 radical (unpaired) electrons. The van der Waals surface area contributed by atoms with Crippen molar-refractivity contribution < 1.29 is 10.0 Å². The van der Waals surface area contributed by atoms with Gasteiger partial charge in [0.15, 0.2) is 0 Å². The van der Waals surface area contributed by atoms with Crippen LogP contribution in [0.2, 0.25) is 5.02 Å². The van der Waals surface area contributed by atoms with Crippen molar-refractivity contribution >= 4 is 17.3 Å². The number of halogens is 1. The molecule has 0 spiro atoms.